The molecule has 38 valence electrons. The molecule has 0 aliphatic carbocycles. The Balaban J connectivity index is 3.72. The van der Waals surface area contributed by atoms with Crippen LogP contribution in [-0.4, -0.2) is 12.5 Å². The van der Waals surface area contributed by atoms with Crippen LogP contribution >= 0.6 is 0 Å². The Morgan fingerprint density at radius 1 is 1.71 bits per heavy atom. The Kier molecular flexibility index (Phi) is 2.85. The molecule has 0 spiro atoms. The van der Waals surface area contributed by atoms with Crippen molar-refractivity contribution in [2.45, 2.75) is 6.92 Å². The quantitative estimate of drug-likeness (QED) is 0.309. The van der Waals surface area contributed by atoms with Crippen LogP contribution in [0.1, 0.15) is 6.92 Å². The van der Waals surface area contributed by atoms with Crippen molar-refractivity contribution < 1.29 is 4.79 Å². The lowest BCUT2D eigenvalue weighted by Crippen LogP contribution is -1.73. The first-order chi connectivity index (χ1) is 3.31. The van der Waals surface area contributed by atoms with Crippen LogP contribution in [0.4, 0.5) is 0 Å². The summed E-state index contributed by atoms with van der Waals surface area (Å²) in [5, 5.41) is 6.48. The molecule has 0 saturated heterocycles. The van der Waals surface area contributed by atoms with Crippen LogP contribution in [0, 0.1) is 5.41 Å². The average molecular weight is 97.1 g/mol. The number of hydrogen-bond donors (Lipinski definition) is 1. The summed E-state index contributed by atoms with van der Waals surface area (Å²) < 4.78 is 0. The minimum absolute atomic E-state index is 0.579. The molecular weight excluding hydrogens is 90.1 g/mol. The van der Waals surface area contributed by atoms with E-state index in [2.05, 4.69) is 0 Å². The van der Waals surface area contributed by atoms with Gasteiger partial charge in [0.2, 0.25) is 0 Å². The molecule has 7 heavy (non-hydrogen) atoms. The van der Waals surface area contributed by atoms with Crippen molar-refractivity contribution in [1.29, 1.82) is 5.41 Å². The van der Waals surface area contributed by atoms with Gasteiger partial charge in [-0.2, -0.15) is 0 Å². The number of hydrogen-bond acceptors (Lipinski definition) is 2. The van der Waals surface area contributed by atoms with Crippen LogP contribution in [0.15, 0.2) is 11.6 Å². The predicted octanol–water partition coefficient (Wildman–Crippen LogP) is 0.781. The lowest BCUT2D eigenvalue weighted by atomic mass is 10.3. The lowest BCUT2D eigenvalue weighted by molar-refractivity contribution is -0.104. The fourth-order valence-corrected chi connectivity index (χ4v) is 0.171. The van der Waals surface area contributed by atoms with Crippen LogP contribution in [-0.2, 0) is 4.79 Å². The number of nitrogens with one attached hydrogen (secondary N) is 1. The van der Waals surface area contributed by atoms with Gasteiger partial charge in [-0.25, -0.2) is 0 Å². The van der Waals surface area contributed by atoms with Crippen LogP contribution in [0.25, 0.3) is 0 Å². The second-order valence-electron chi connectivity index (χ2n) is 1.20. The molecule has 0 aromatic carbocycles. The van der Waals surface area contributed by atoms with Gasteiger partial charge >= 0.3 is 0 Å². The Morgan fingerprint density at radius 2 is 2.29 bits per heavy atom. The predicted molar refractivity (Wildman–Crippen MR) is 28.6 cm³/mol. The summed E-state index contributed by atoms with van der Waals surface area (Å²) in [6, 6.07) is 0. The first-order valence-electron chi connectivity index (χ1n) is 1.94. The highest BCUT2D eigenvalue weighted by atomic mass is 16.1. The molecule has 0 unspecified atom stereocenters. The van der Waals surface area contributed by atoms with E-state index in [1.165, 1.54) is 6.08 Å². The molecule has 2 heteroatoms. The van der Waals surface area contributed by atoms with E-state index in [1.807, 2.05) is 0 Å². The number of allylic oxidation sites excluding steroid dienone is 2. The maximum Gasteiger partial charge on any atom is 0.145 e. The van der Waals surface area contributed by atoms with Gasteiger partial charge in [0.25, 0.3) is 0 Å². The maximum atomic E-state index is 9.72. The molecule has 0 rings (SSSR count). The first-order valence-corrected chi connectivity index (χ1v) is 1.94. The van der Waals surface area contributed by atoms with Crippen molar-refractivity contribution in [3.8, 4) is 0 Å². The standard InChI is InChI=1S/C5H7NO/c1-5(4-7)2-3-6/h2-4,6H,1H3/b5-2+,6-3?. The molecule has 2 nitrogen and oxygen atoms in total. The largest absolute Gasteiger partial charge is 0.309 e. The second-order valence-corrected chi connectivity index (χ2v) is 1.20. The minimum Gasteiger partial charge on any atom is -0.309 e. The summed E-state index contributed by atoms with van der Waals surface area (Å²) >= 11 is 0. The molecule has 0 fully saturated rings. The van der Waals surface area contributed by atoms with E-state index in [-0.39, 0.29) is 0 Å². The topological polar surface area (TPSA) is 40.9 Å². The third-order valence-corrected chi connectivity index (χ3v) is 0.532. The van der Waals surface area contributed by atoms with Gasteiger partial charge < -0.3 is 5.41 Å². The summed E-state index contributed by atoms with van der Waals surface area (Å²) in [5.41, 5.74) is 0.579. The van der Waals surface area contributed by atoms with Gasteiger partial charge in [-0.3, -0.25) is 4.79 Å². The Hall–Kier alpha value is -0.920. The van der Waals surface area contributed by atoms with Crippen molar-refractivity contribution >= 4 is 12.5 Å². The summed E-state index contributed by atoms with van der Waals surface area (Å²) in [6.45, 7) is 1.65. The van der Waals surface area contributed by atoms with Crippen molar-refractivity contribution in [3.63, 3.8) is 0 Å². The molecule has 0 aromatic rings. The molecule has 0 bridgehead atoms. The summed E-state index contributed by atoms with van der Waals surface area (Å²) in [4.78, 5) is 9.72. The van der Waals surface area contributed by atoms with Crippen molar-refractivity contribution in [2.75, 3.05) is 0 Å². The highest BCUT2D eigenvalue weighted by molar-refractivity contribution is 5.81. The van der Waals surface area contributed by atoms with E-state index in [0.29, 0.717) is 11.9 Å². The zero-order chi connectivity index (χ0) is 5.70. The first kappa shape index (κ1) is 6.08. The number of carbonyl (C=O) groups is 1. The maximum absolute atomic E-state index is 9.72. The molecule has 0 atom stereocenters. The molecule has 1 N–H and O–H groups in total. The van der Waals surface area contributed by atoms with Gasteiger partial charge in [0.1, 0.15) is 6.29 Å². The number of aldehydes is 1. The van der Waals surface area contributed by atoms with E-state index in [0.717, 1.165) is 6.21 Å². The zero-order valence-electron chi connectivity index (χ0n) is 4.14. The molecular formula is C5H7NO. The summed E-state index contributed by atoms with van der Waals surface area (Å²) in [6.07, 6.45) is 3.24. The van der Waals surface area contributed by atoms with Gasteiger partial charge in [0.15, 0.2) is 0 Å². The fourth-order valence-electron chi connectivity index (χ4n) is 0.171. The van der Waals surface area contributed by atoms with Crippen LogP contribution < -0.4 is 0 Å². The summed E-state index contributed by atoms with van der Waals surface area (Å²) in [5.74, 6) is 0. The van der Waals surface area contributed by atoms with E-state index in [4.69, 9.17) is 5.41 Å². The number of carbonyl (C=O) groups excluding carboxylic acids is 1. The third kappa shape index (κ3) is 2.89. The fraction of sp³-hybridized carbons (Fsp3) is 0.200. The molecule has 0 aliphatic heterocycles. The van der Waals surface area contributed by atoms with Crippen LogP contribution in [0.5, 0.6) is 0 Å². The van der Waals surface area contributed by atoms with Crippen molar-refractivity contribution in [1.82, 2.24) is 0 Å². The SMILES string of the molecule is C/C(C=O)=C\C=N. The second kappa shape index (κ2) is 3.28. The van der Waals surface area contributed by atoms with E-state index < -0.39 is 0 Å². The molecule has 0 radical (unpaired) electrons. The van der Waals surface area contributed by atoms with Crippen LogP contribution in [0.3, 0.4) is 0 Å². The van der Waals surface area contributed by atoms with Gasteiger partial charge in [0.05, 0.1) is 0 Å². The van der Waals surface area contributed by atoms with E-state index in [9.17, 15) is 4.79 Å². The smallest absolute Gasteiger partial charge is 0.145 e. The van der Waals surface area contributed by atoms with Gasteiger partial charge in [-0.15, -0.1) is 0 Å². The minimum atomic E-state index is 0.579. The molecule has 0 aliphatic rings. The van der Waals surface area contributed by atoms with Gasteiger partial charge in [-0.1, -0.05) is 0 Å². The Morgan fingerprint density at radius 3 is 2.43 bits per heavy atom. The normalized spacial score (nSPS) is 10.7. The average Bonchev–Trinajstić information content (AvgIpc) is 1.68. The molecule has 0 heterocycles. The van der Waals surface area contributed by atoms with E-state index in [1.54, 1.807) is 6.92 Å². The highest BCUT2D eigenvalue weighted by Crippen LogP contribution is 1.79. The van der Waals surface area contributed by atoms with Gasteiger partial charge in [0, 0.05) is 6.21 Å². The van der Waals surface area contributed by atoms with Crippen molar-refractivity contribution in [2.24, 2.45) is 0 Å². The monoisotopic (exact) mass is 97.1 g/mol. The van der Waals surface area contributed by atoms with Gasteiger partial charge in [-0.05, 0) is 18.6 Å². The van der Waals surface area contributed by atoms with Crippen molar-refractivity contribution in [3.05, 3.63) is 11.6 Å². The molecule has 0 amide bonds. The Bertz CT molecular complexity index is 105. The Labute approximate surface area is 42.4 Å². The number of rotatable bonds is 2. The molecule has 0 aromatic heterocycles. The highest BCUT2D eigenvalue weighted by Gasteiger charge is 1.75. The zero-order valence-corrected chi connectivity index (χ0v) is 4.14. The third-order valence-electron chi connectivity index (χ3n) is 0.532. The van der Waals surface area contributed by atoms with E-state index >= 15 is 0 Å². The summed E-state index contributed by atoms with van der Waals surface area (Å²) in [7, 11) is 0. The lowest BCUT2D eigenvalue weighted by Gasteiger charge is -1.74. The molecule has 0 saturated carbocycles. The van der Waals surface area contributed by atoms with Crippen LogP contribution in [0.2, 0.25) is 0 Å².